The Balaban J connectivity index is -0.000000508. The third-order valence-electron chi connectivity index (χ3n) is 13.7. The van der Waals surface area contributed by atoms with Gasteiger partial charge in [-0.3, -0.25) is 43.2 Å². The zero-order valence-corrected chi connectivity index (χ0v) is 49.8. The van der Waals surface area contributed by atoms with Gasteiger partial charge in [-0.25, -0.2) is 0 Å². The minimum absolute atomic E-state index is 0. The first-order valence-corrected chi connectivity index (χ1v) is 29.1. The summed E-state index contributed by atoms with van der Waals surface area (Å²) in [4.78, 5) is 150. The van der Waals surface area contributed by atoms with Crippen LogP contribution in [0.5, 0.6) is 0 Å². The van der Waals surface area contributed by atoms with Gasteiger partial charge in [0.2, 0.25) is 0 Å². The van der Waals surface area contributed by atoms with Crippen molar-refractivity contribution in [3.05, 3.63) is 0 Å². The monoisotopic (exact) mass is 1090 g/mol. The van der Waals surface area contributed by atoms with Crippen LogP contribution in [0.15, 0.2) is 0 Å². The normalized spacial score (nSPS) is 11.2. The van der Waals surface area contributed by atoms with Crippen LogP contribution in [-0.2, 0) is 57.5 Å². The molecule has 0 bridgehead atoms. The topological polar surface area (TPSA) is 274 Å². The van der Waals surface area contributed by atoms with Gasteiger partial charge in [-0.05, 0) is 57.8 Å². The molecule has 0 aromatic rings. The molecule has 0 fully saturated rings. The Morgan fingerprint density at radius 2 is 0.303 bits per heavy atom. The summed E-state index contributed by atoms with van der Waals surface area (Å²) in [5.74, 6) is -12.6. The number of carboxylic acid groups (broad SMARTS) is 3. The molecule has 76 heavy (non-hydrogen) atoms. The fraction of sp³-hybridized carbons (Fsp3) is 0.800. The van der Waals surface area contributed by atoms with Crippen LogP contribution in [0, 0.1) is 16.2 Å². The van der Waals surface area contributed by atoms with Crippen molar-refractivity contribution in [2.45, 2.75) is 293 Å². The van der Waals surface area contributed by atoms with Crippen molar-refractivity contribution in [1.29, 1.82) is 0 Å². The Labute approximate surface area is 467 Å². The molecule has 0 aliphatic carbocycles. The third kappa shape index (κ3) is 26.1. The number of Topliss-reactive ketones (excluding diaryl/α,β-unsaturated/α-hetero) is 9. The maximum absolute atomic E-state index is 12.7. The molecule has 0 amide bonds. The SMILES string of the molecule is CCCCCC(=O)C(C(=O)[O-])(C(=O)CCCCC)C(=O)CCCCC.CCCCCC(=O)C(C(=O)[O-])(C(=O)CCCCC)C(=O)CCCCC.CCCCCC(=O)C(C(=O)[O-])(C(=O)CCCCC)C(=O)CCCCC.[Al+3]. The van der Waals surface area contributed by atoms with E-state index in [1.54, 1.807) is 0 Å². The van der Waals surface area contributed by atoms with Crippen LogP contribution in [0.3, 0.4) is 0 Å². The average Bonchev–Trinajstić information content (AvgIpc) is 3.35. The van der Waals surface area contributed by atoms with Crippen LogP contribution >= 0.6 is 0 Å². The van der Waals surface area contributed by atoms with E-state index in [-0.39, 0.29) is 75.1 Å². The van der Waals surface area contributed by atoms with Gasteiger partial charge in [-0.15, -0.1) is 0 Å². The molecule has 16 heteroatoms. The molecule has 0 N–H and O–H groups in total. The Kier molecular flexibility index (Phi) is 48.5. The summed E-state index contributed by atoms with van der Waals surface area (Å²) in [5.41, 5.74) is -7.76. The second-order valence-electron chi connectivity index (χ2n) is 20.0. The molecule has 432 valence electrons. The van der Waals surface area contributed by atoms with Gasteiger partial charge < -0.3 is 29.7 Å². The number of aliphatic carboxylic acids is 3. The maximum atomic E-state index is 12.7. The number of hydrogen-bond acceptors (Lipinski definition) is 15. The Hall–Kier alpha value is -4.03. The van der Waals surface area contributed by atoms with Crippen LogP contribution in [0.1, 0.15) is 293 Å². The summed E-state index contributed by atoms with van der Waals surface area (Å²) in [5, 5.41) is 35.6. The molecular weight excluding hydrogens is 988 g/mol. The maximum Gasteiger partial charge on any atom is 3.00 e. The van der Waals surface area contributed by atoms with E-state index in [9.17, 15) is 72.9 Å². The minimum atomic E-state index is -2.59. The van der Waals surface area contributed by atoms with Crippen LogP contribution < -0.4 is 15.3 Å². The predicted molar refractivity (Wildman–Crippen MR) is 290 cm³/mol. The van der Waals surface area contributed by atoms with E-state index >= 15 is 0 Å². The van der Waals surface area contributed by atoms with E-state index in [1.807, 2.05) is 62.3 Å². The van der Waals surface area contributed by atoms with Gasteiger partial charge in [0.25, 0.3) is 0 Å². The molecule has 0 aliphatic heterocycles. The number of carboxylic acids is 3. The van der Waals surface area contributed by atoms with Gasteiger partial charge in [-0.2, -0.15) is 0 Å². The zero-order valence-electron chi connectivity index (χ0n) is 48.7. The van der Waals surface area contributed by atoms with Gasteiger partial charge in [-0.1, -0.05) is 178 Å². The summed E-state index contributed by atoms with van der Waals surface area (Å²) in [7, 11) is 0. The molecule has 0 saturated carbocycles. The first-order chi connectivity index (χ1) is 35.7. The summed E-state index contributed by atoms with van der Waals surface area (Å²) in [6.07, 6.45) is 18.2. The molecule has 0 heterocycles. The van der Waals surface area contributed by atoms with E-state index in [1.165, 1.54) is 0 Å². The molecule has 0 aliphatic rings. The van der Waals surface area contributed by atoms with Gasteiger partial charge >= 0.3 is 17.4 Å². The van der Waals surface area contributed by atoms with E-state index in [0.717, 1.165) is 116 Å². The van der Waals surface area contributed by atoms with Crippen molar-refractivity contribution in [3.8, 4) is 0 Å². The number of ketones is 9. The molecule has 0 unspecified atom stereocenters. The van der Waals surface area contributed by atoms with Crippen molar-refractivity contribution in [2.75, 3.05) is 0 Å². The third-order valence-corrected chi connectivity index (χ3v) is 13.7. The Morgan fingerprint density at radius 1 is 0.211 bits per heavy atom. The molecule has 0 rings (SSSR count). The van der Waals surface area contributed by atoms with Crippen molar-refractivity contribution < 1.29 is 72.9 Å². The standard InChI is InChI=1S/3C20H34O5.Al/c3*1-4-7-10-13-16(21)20(19(24)25,17(22)14-11-8-5-2)18(23)15-12-9-6-3;/h3*4-15H2,1-3H3,(H,24,25);/q;;;+3/p-3. The summed E-state index contributed by atoms with van der Waals surface area (Å²) in [6, 6.07) is 0. The summed E-state index contributed by atoms with van der Waals surface area (Å²) in [6.45, 7) is 17.6. The Bertz CT molecular complexity index is 1400. The van der Waals surface area contributed by atoms with Gasteiger partial charge in [0.05, 0.1) is 17.9 Å². The van der Waals surface area contributed by atoms with Crippen molar-refractivity contribution >= 4 is 87.3 Å². The number of carbonyl (C=O) groups excluding carboxylic acids is 12. The first kappa shape index (κ1) is 78.5. The Morgan fingerprint density at radius 3 is 0.368 bits per heavy atom. The van der Waals surface area contributed by atoms with E-state index in [0.29, 0.717) is 57.8 Å². The molecule has 0 atom stereocenters. The van der Waals surface area contributed by atoms with Crippen molar-refractivity contribution in [2.24, 2.45) is 16.2 Å². The number of carbonyl (C=O) groups is 12. The van der Waals surface area contributed by atoms with Crippen LogP contribution in [0.25, 0.3) is 0 Å². The van der Waals surface area contributed by atoms with Gasteiger partial charge in [0.15, 0.2) is 68.3 Å². The predicted octanol–water partition coefficient (Wildman–Crippen LogP) is 9.13. The second kappa shape index (κ2) is 47.0. The van der Waals surface area contributed by atoms with Gasteiger partial charge in [0, 0.05) is 57.8 Å². The fourth-order valence-corrected chi connectivity index (χ4v) is 8.93. The average molecular weight is 1090 g/mol. The first-order valence-electron chi connectivity index (χ1n) is 29.1. The summed E-state index contributed by atoms with van der Waals surface area (Å²) >= 11 is 0. The zero-order chi connectivity index (χ0) is 57.9. The quantitative estimate of drug-likeness (QED) is 0.0312. The van der Waals surface area contributed by atoms with Crippen LogP contribution in [0.2, 0.25) is 0 Å². The molecule has 0 aromatic heterocycles. The minimum Gasteiger partial charge on any atom is -0.548 e. The molecule has 0 radical (unpaired) electrons. The molecule has 15 nitrogen and oxygen atoms in total. The summed E-state index contributed by atoms with van der Waals surface area (Å²) < 4.78 is 0. The van der Waals surface area contributed by atoms with E-state index in [2.05, 4.69) is 0 Å². The fourth-order valence-electron chi connectivity index (χ4n) is 8.93. The number of rotatable bonds is 48. The molecular formula is C60H99AlO15. The molecule has 0 aromatic carbocycles. The number of unbranched alkanes of at least 4 members (excludes halogenated alkanes) is 18. The second-order valence-corrected chi connectivity index (χ2v) is 20.0. The largest absolute Gasteiger partial charge is 3.00 e. The van der Waals surface area contributed by atoms with Crippen LogP contribution in [0.4, 0.5) is 0 Å². The van der Waals surface area contributed by atoms with Crippen LogP contribution in [-0.4, -0.2) is 87.3 Å². The number of hydrogen-bond donors (Lipinski definition) is 0. The smallest absolute Gasteiger partial charge is 0.548 e. The van der Waals surface area contributed by atoms with E-state index < -0.39 is 86.2 Å². The van der Waals surface area contributed by atoms with Crippen molar-refractivity contribution in [1.82, 2.24) is 0 Å². The van der Waals surface area contributed by atoms with Gasteiger partial charge in [0.1, 0.15) is 0 Å². The van der Waals surface area contributed by atoms with E-state index in [4.69, 9.17) is 0 Å². The molecule has 0 saturated heterocycles. The molecule has 0 spiro atoms. The van der Waals surface area contributed by atoms with Crippen molar-refractivity contribution in [3.63, 3.8) is 0 Å².